The fraction of sp³-hybridized carbons (Fsp3) is 0.429. The summed E-state index contributed by atoms with van der Waals surface area (Å²) in [6.07, 6.45) is 1.14. The molecule has 3 aromatic rings. The molecule has 0 radical (unpaired) electrons. The summed E-state index contributed by atoms with van der Waals surface area (Å²) in [4.78, 5) is 8.83. The first-order chi connectivity index (χ1) is 19.9. The Labute approximate surface area is 237 Å². The van der Waals surface area contributed by atoms with Crippen molar-refractivity contribution in [3.8, 4) is 5.75 Å². The molecular weight excluding hydrogens is 522 g/mol. The molecule has 0 bridgehead atoms. The number of hydrogen-bond donors (Lipinski definition) is 3. The molecule has 3 N–H and O–H groups in total. The van der Waals surface area contributed by atoms with E-state index in [1.54, 1.807) is 45.0 Å². The molecule has 0 aliphatic carbocycles. The van der Waals surface area contributed by atoms with E-state index in [1.165, 1.54) is 12.3 Å². The molecular formula is C28H36ClN5O3S. The molecule has 0 spiro atoms. The van der Waals surface area contributed by atoms with Gasteiger partial charge >= 0.3 is 0 Å². The molecule has 204 valence electrons. The molecule has 0 saturated carbocycles. The molecule has 2 aromatic carbocycles. The van der Waals surface area contributed by atoms with Crippen molar-refractivity contribution in [2.24, 2.45) is 0 Å². The molecule has 0 atom stereocenters. The first kappa shape index (κ1) is 22.0. The van der Waals surface area contributed by atoms with Gasteiger partial charge in [0.25, 0.3) is 0 Å². The zero-order valence-corrected chi connectivity index (χ0v) is 23.6. The van der Waals surface area contributed by atoms with E-state index in [-0.39, 0.29) is 52.4 Å². The van der Waals surface area contributed by atoms with E-state index in [1.807, 2.05) is 13.8 Å². The molecule has 2 heterocycles. The Kier molecular flexibility index (Phi) is 6.88. The number of ether oxygens (including phenoxy) is 1. The maximum Gasteiger partial charge on any atom is 0.229 e. The molecule has 0 amide bonds. The van der Waals surface area contributed by atoms with Gasteiger partial charge in [-0.2, -0.15) is 4.98 Å². The fourth-order valence-corrected chi connectivity index (χ4v) is 5.38. The van der Waals surface area contributed by atoms with Crippen LogP contribution in [0.4, 0.5) is 23.1 Å². The van der Waals surface area contributed by atoms with E-state index in [2.05, 4.69) is 25.9 Å². The number of aromatic nitrogens is 2. The number of para-hydroxylation sites is 1. The van der Waals surface area contributed by atoms with Crippen LogP contribution in [0.3, 0.4) is 0 Å². The van der Waals surface area contributed by atoms with Crippen LogP contribution < -0.4 is 20.7 Å². The number of sulfone groups is 1. The Bertz CT molecular complexity index is 1610. The molecule has 0 unspecified atom stereocenters. The van der Waals surface area contributed by atoms with Gasteiger partial charge in [-0.15, -0.1) is 0 Å². The lowest BCUT2D eigenvalue weighted by Crippen LogP contribution is -2.27. The number of benzene rings is 2. The highest BCUT2D eigenvalue weighted by Crippen LogP contribution is 2.37. The Morgan fingerprint density at radius 1 is 1.16 bits per heavy atom. The van der Waals surface area contributed by atoms with E-state index in [0.29, 0.717) is 22.6 Å². The lowest BCUT2D eigenvalue weighted by Gasteiger charge is -2.26. The quantitative estimate of drug-likeness (QED) is 0.276. The van der Waals surface area contributed by atoms with E-state index < -0.39 is 34.0 Å². The number of rotatable bonds is 9. The van der Waals surface area contributed by atoms with Gasteiger partial charge in [0.2, 0.25) is 5.95 Å². The minimum absolute atomic E-state index is 0.0318. The fourth-order valence-electron chi connectivity index (χ4n) is 4.04. The van der Waals surface area contributed by atoms with Crippen molar-refractivity contribution in [1.82, 2.24) is 15.3 Å². The highest BCUT2D eigenvalue weighted by molar-refractivity contribution is 7.92. The van der Waals surface area contributed by atoms with Gasteiger partial charge < -0.3 is 20.7 Å². The van der Waals surface area contributed by atoms with Gasteiger partial charge in [0, 0.05) is 5.48 Å². The average molecular weight is 563 g/mol. The Morgan fingerprint density at radius 3 is 2.55 bits per heavy atom. The zero-order valence-electron chi connectivity index (χ0n) is 27.0. The molecule has 1 saturated heterocycles. The third kappa shape index (κ3) is 6.39. The first-order valence-corrected chi connectivity index (χ1v) is 14.3. The smallest absolute Gasteiger partial charge is 0.229 e. The van der Waals surface area contributed by atoms with Gasteiger partial charge in [-0.3, -0.25) is 0 Å². The first-order valence-electron chi connectivity index (χ1n) is 14.9. The van der Waals surface area contributed by atoms with Crippen LogP contribution in [0.1, 0.15) is 64.4 Å². The second-order valence-electron chi connectivity index (χ2n) is 9.57. The zero-order chi connectivity index (χ0) is 31.9. The van der Waals surface area contributed by atoms with E-state index in [9.17, 15) is 8.42 Å². The molecule has 38 heavy (non-hydrogen) atoms. The minimum Gasteiger partial charge on any atom is -0.489 e. The summed E-state index contributed by atoms with van der Waals surface area (Å²) in [7, 11) is -3.61. The number of halogens is 1. The summed E-state index contributed by atoms with van der Waals surface area (Å²) in [5.74, 6) is 0.0289. The standard InChI is InChI=1S/C28H36ClN5O3S/c1-17(2)37-25-15-21(20-10-12-30-13-11-20)19(5)14-24(25)33-28-31-16-22(29)27(34-28)32-23-8-6-7-9-26(23)38(35,36)18(3)4/h6-9,14-18,20,30H,10-13H2,1-5H3,(H2,31,32,33,34)/i12D2,13D2,14D. The summed E-state index contributed by atoms with van der Waals surface area (Å²) in [5, 5.41) is 7.98. The van der Waals surface area contributed by atoms with Crippen LogP contribution in [-0.2, 0) is 9.84 Å². The second kappa shape index (κ2) is 11.9. The van der Waals surface area contributed by atoms with Gasteiger partial charge in [-0.25, -0.2) is 13.4 Å². The van der Waals surface area contributed by atoms with Gasteiger partial charge in [-0.1, -0.05) is 23.7 Å². The Hall–Kier alpha value is -2.88. The highest BCUT2D eigenvalue weighted by Gasteiger charge is 2.24. The molecule has 1 aliphatic heterocycles. The van der Waals surface area contributed by atoms with Crippen LogP contribution in [-0.4, -0.2) is 42.7 Å². The van der Waals surface area contributed by atoms with Crippen molar-refractivity contribution < 1.29 is 20.0 Å². The maximum atomic E-state index is 12.9. The van der Waals surface area contributed by atoms with Crippen molar-refractivity contribution in [1.29, 1.82) is 0 Å². The van der Waals surface area contributed by atoms with Crippen molar-refractivity contribution in [3.05, 3.63) is 58.7 Å². The predicted octanol–water partition coefficient (Wildman–Crippen LogP) is 6.36. The van der Waals surface area contributed by atoms with Crippen LogP contribution >= 0.6 is 11.6 Å². The Morgan fingerprint density at radius 2 is 1.87 bits per heavy atom. The molecule has 1 fully saturated rings. The van der Waals surface area contributed by atoms with Crippen molar-refractivity contribution in [2.45, 2.75) is 69.6 Å². The normalized spacial score (nSPS) is 19.2. The number of nitrogens with zero attached hydrogens (tertiary/aromatic N) is 2. The van der Waals surface area contributed by atoms with Gasteiger partial charge in [0.15, 0.2) is 15.7 Å². The largest absolute Gasteiger partial charge is 0.489 e. The van der Waals surface area contributed by atoms with Gasteiger partial charge in [-0.05, 0) is 102 Å². The molecule has 1 aromatic heterocycles. The molecule has 8 nitrogen and oxygen atoms in total. The van der Waals surface area contributed by atoms with E-state index in [4.69, 9.17) is 23.2 Å². The topological polar surface area (TPSA) is 105 Å². The number of nitrogens with one attached hydrogen (secondary N) is 3. The molecule has 4 rings (SSSR count). The van der Waals surface area contributed by atoms with Crippen LogP contribution in [0, 0.1) is 6.92 Å². The van der Waals surface area contributed by atoms with Crippen LogP contribution in [0.2, 0.25) is 5.02 Å². The molecule has 10 heteroatoms. The van der Waals surface area contributed by atoms with E-state index in [0.717, 1.165) is 0 Å². The molecule has 1 aliphatic rings. The summed E-state index contributed by atoms with van der Waals surface area (Å²) in [6, 6.07) is 8.25. The van der Waals surface area contributed by atoms with Crippen LogP contribution in [0.15, 0.2) is 47.5 Å². The third-order valence-corrected chi connectivity index (χ3v) is 8.49. The average Bonchev–Trinajstić information content (AvgIpc) is 2.88. The third-order valence-electron chi connectivity index (χ3n) is 6.00. The summed E-state index contributed by atoms with van der Waals surface area (Å²) >= 11 is 6.39. The van der Waals surface area contributed by atoms with Crippen molar-refractivity contribution in [3.63, 3.8) is 0 Å². The van der Waals surface area contributed by atoms with Crippen LogP contribution in [0.25, 0.3) is 0 Å². The SMILES string of the molecule is [2H]c1c(C)c(C2CC([2H])([2H])NC([2H])([2H])C2)cc(OC(C)C)c1Nc1ncc(Cl)c(Nc2ccccc2S(=O)(=O)C(C)C)n1. The van der Waals surface area contributed by atoms with Crippen molar-refractivity contribution in [2.75, 3.05) is 23.6 Å². The maximum absolute atomic E-state index is 12.9. The Balaban J connectivity index is 1.73. The number of anilines is 4. The second-order valence-corrected chi connectivity index (χ2v) is 12.4. The number of hydrogen-bond acceptors (Lipinski definition) is 8. The number of piperidine rings is 1. The summed E-state index contributed by atoms with van der Waals surface area (Å²) in [6.45, 7) is 4.75. The predicted molar refractivity (Wildman–Crippen MR) is 154 cm³/mol. The lowest BCUT2D eigenvalue weighted by molar-refractivity contribution is 0.243. The van der Waals surface area contributed by atoms with Crippen molar-refractivity contribution >= 4 is 44.6 Å². The van der Waals surface area contributed by atoms with Crippen LogP contribution in [0.5, 0.6) is 5.75 Å². The minimum atomic E-state index is -3.61. The van der Waals surface area contributed by atoms with Gasteiger partial charge in [0.1, 0.15) is 10.8 Å². The summed E-state index contributed by atoms with van der Waals surface area (Å²) in [5.41, 5.74) is 1.74. The van der Waals surface area contributed by atoms with E-state index >= 15 is 0 Å². The highest BCUT2D eigenvalue weighted by atomic mass is 35.5. The summed E-state index contributed by atoms with van der Waals surface area (Å²) < 4.78 is 73.7. The lowest BCUT2D eigenvalue weighted by atomic mass is 9.87. The van der Waals surface area contributed by atoms with Gasteiger partial charge in [0.05, 0.1) is 35.2 Å². The monoisotopic (exact) mass is 562 g/mol.